The normalized spacial score (nSPS) is 18.0. The molecule has 2 heteroatoms. The molecule has 1 atom stereocenters. The van der Waals surface area contributed by atoms with Crippen LogP contribution in [0.15, 0.2) is 66.9 Å². The second-order valence-corrected chi connectivity index (χ2v) is 7.12. The van der Waals surface area contributed by atoms with Crippen molar-refractivity contribution < 1.29 is 0 Å². The van der Waals surface area contributed by atoms with Gasteiger partial charge in [-0.25, -0.2) is 4.98 Å². The Labute approximate surface area is 143 Å². The summed E-state index contributed by atoms with van der Waals surface area (Å²) >= 11 is 0. The highest BCUT2D eigenvalue weighted by molar-refractivity contribution is 5.84. The van der Waals surface area contributed by atoms with Crippen molar-refractivity contribution in [3.8, 4) is 22.3 Å². The Bertz CT molecular complexity index is 881. The van der Waals surface area contributed by atoms with E-state index in [-0.39, 0.29) is 5.41 Å². The zero-order valence-electron chi connectivity index (χ0n) is 14.4. The molecule has 0 fully saturated rings. The van der Waals surface area contributed by atoms with Gasteiger partial charge in [-0.05, 0) is 29.7 Å². The third-order valence-corrected chi connectivity index (χ3v) is 5.34. The van der Waals surface area contributed by atoms with E-state index in [2.05, 4.69) is 86.8 Å². The Balaban J connectivity index is 1.87. The maximum Gasteiger partial charge on any atom is 0.130 e. The quantitative estimate of drug-likeness (QED) is 0.675. The topological polar surface area (TPSA) is 24.9 Å². The van der Waals surface area contributed by atoms with Gasteiger partial charge in [0.2, 0.25) is 0 Å². The predicted molar refractivity (Wildman–Crippen MR) is 101 cm³/mol. The Morgan fingerprint density at radius 1 is 0.875 bits per heavy atom. The molecule has 2 nitrogen and oxygen atoms in total. The van der Waals surface area contributed by atoms with E-state index in [9.17, 15) is 0 Å². The van der Waals surface area contributed by atoms with Gasteiger partial charge in [0.1, 0.15) is 5.82 Å². The molecule has 0 saturated carbocycles. The lowest BCUT2D eigenvalue weighted by atomic mass is 9.81. The van der Waals surface area contributed by atoms with Crippen molar-refractivity contribution in [1.29, 1.82) is 0 Å². The Morgan fingerprint density at radius 2 is 1.50 bits per heavy atom. The number of hydrogen-bond donors (Lipinski definition) is 1. The highest BCUT2D eigenvalue weighted by Gasteiger charge is 2.37. The summed E-state index contributed by atoms with van der Waals surface area (Å²) in [6.45, 7) is 6.79. The third kappa shape index (κ3) is 2.30. The summed E-state index contributed by atoms with van der Waals surface area (Å²) in [5.41, 5.74) is 6.28. The molecule has 2 aromatic carbocycles. The van der Waals surface area contributed by atoms with Crippen LogP contribution in [-0.2, 0) is 5.41 Å². The van der Waals surface area contributed by atoms with Crippen molar-refractivity contribution in [2.75, 3.05) is 5.32 Å². The van der Waals surface area contributed by atoms with Crippen LogP contribution in [-0.4, -0.2) is 11.0 Å². The van der Waals surface area contributed by atoms with Crippen molar-refractivity contribution in [3.05, 3.63) is 72.4 Å². The number of rotatable bonds is 2. The highest BCUT2D eigenvalue weighted by atomic mass is 15.1. The summed E-state index contributed by atoms with van der Waals surface area (Å²) in [6, 6.07) is 21.8. The fourth-order valence-electron chi connectivity index (χ4n) is 3.44. The molecule has 0 spiro atoms. The van der Waals surface area contributed by atoms with Gasteiger partial charge in [-0.3, -0.25) is 0 Å². The molecule has 1 unspecified atom stereocenters. The van der Waals surface area contributed by atoms with Gasteiger partial charge < -0.3 is 5.32 Å². The van der Waals surface area contributed by atoms with Crippen molar-refractivity contribution in [2.24, 2.45) is 0 Å². The number of nitrogens with zero attached hydrogens (tertiary/aromatic N) is 1. The first-order chi connectivity index (χ1) is 11.6. The molecular formula is C22H22N2. The van der Waals surface area contributed by atoms with E-state index in [0.717, 1.165) is 5.82 Å². The average Bonchev–Trinajstić information content (AvgIpc) is 2.85. The maximum absolute atomic E-state index is 4.71. The fourth-order valence-corrected chi connectivity index (χ4v) is 3.44. The van der Waals surface area contributed by atoms with E-state index in [1.54, 1.807) is 0 Å². The van der Waals surface area contributed by atoms with Crippen LogP contribution in [0.3, 0.4) is 0 Å². The summed E-state index contributed by atoms with van der Waals surface area (Å²) in [5, 5.41) is 3.50. The van der Waals surface area contributed by atoms with E-state index in [4.69, 9.17) is 4.98 Å². The van der Waals surface area contributed by atoms with Crippen LogP contribution in [0.1, 0.15) is 26.3 Å². The summed E-state index contributed by atoms with van der Waals surface area (Å²) in [7, 11) is 0. The number of hydrogen-bond acceptors (Lipinski definition) is 2. The predicted octanol–water partition coefficient (Wildman–Crippen LogP) is 5.51. The average molecular weight is 314 g/mol. The van der Waals surface area contributed by atoms with E-state index < -0.39 is 0 Å². The van der Waals surface area contributed by atoms with Gasteiger partial charge in [0.25, 0.3) is 0 Å². The standard InChI is InChI=1S/C22H22N2/c1-15-22(2,3)20-13-17(14-23-21(20)24-15)19-12-8-7-11-18(19)16-9-5-4-6-10-16/h4-15H,1-3H3,(H,23,24). The number of benzene rings is 2. The van der Waals surface area contributed by atoms with E-state index >= 15 is 0 Å². The molecule has 4 rings (SSSR count). The first-order valence-corrected chi connectivity index (χ1v) is 8.49. The van der Waals surface area contributed by atoms with Gasteiger partial charge in [0.15, 0.2) is 0 Å². The number of aromatic nitrogens is 1. The Morgan fingerprint density at radius 3 is 2.21 bits per heavy atom. The molecule has 2 heterocycles. The lowest BCUT2D eigenvalue weighted by Gasteiger charge is -2.24. The van der Waals surface area contributed by atoms with E-state index in [1.165, 1.54) is 27.8 Å². The van der Waals surface area contributed by atoms with Crippen LogP contribution in [0.25, 0.3) is 22.3 Å². The molecule has 0 amide bonds. The van der Waals surface area contributed by atoms with Gasteiger partial charge in [-0.15, -0.1) is 0 Å². The first kappa shape index (κ1) is 14.9. The molecule has 1 N–H and O–H groups in total. The van der Waals surface area contributed by atoms with E-state index in [0.29, 0.717) is 6.04 Å². The minimum atomic E-state index is 0.0834. The molecular weight excluding hydrogens is 292 g/mol. The molecule has 0 radical (unpaired) electrons. The largest absolute Gasteiger partial charge is 0.366 e. The monoisotopic (exact) mass is 314 g/mol. The molecule has 1 aliphatic heterocycles. The van der Waals surface area contributed by atoms with Gasteiger partial charge in [0.05, 0.1) is 0 Å². The second-order valence-electron chi connectivity index (χ2n) is 7.12. The van der Waals surface area contributed by atoms with Crippen molar-refractivity contribution in [1.82, 2.24) is 4.98 Å². The minimum Gasteiger partial charge on any atom is -0.366 e. The number of fused-ring (bicyclic) bond motifs is 1. The van der Waals surface area contributed by atoms with Gasteiger partial charge in [-0.1, -0.05) is 68.4 Å². The SMILES string of the molecule is CC1Nc2ncc(-c3ccccc3-c3ccccc3)cc2C1(C)C. The molecule has 0 saturated heterocycles. The fraction of sp³-hybridized carbons (Fsp3) is 0.227. The maximum atomic E-state index is 4.71. The highest BCUT2D eigenvalue weighted by Crippen LogP contribution is 2.42. The van der Waals surface area contributed by atoms with Crippen molar-refractivity contribution >= 4 is 5.82 Å². The number of pyridine rings is 1. The summed E-state index contributed by atoms with van der Waals surface area (Å²) in [6.07, 6.45) is 1.99. The lowest BCUT2D eigenvalue weighted by molar-refractivity contribution is 0.486. The molecule has 120 valence electrons. The van der Waals surface area contributed by atoms with Gasteiger partial charge in [0, 0.05) is 28.8 Å². The zero-order valence-corrected chi connectivity index (χ0v) is 14.4. The van der Waals surface area contributed by atoms with Crippen LogP contribution >= 0.6 is 0 Å². The smallest absolute Gasteiger partial charge is 0.130 e. The molecule has 0 aliphatic carbocycles. The van der Waals surface area contributed by atoms with Crippen LogP contribution in [0, 0.1) is 0 Å². The molecule has 24 heavy (non-hydrogen) atoms. The first-order valence-electron chi connectivity index (χ1n) is 8.49. The van der Waals surface area contributed by atoms with Gasteiger partial charge in [-0.2, -0.15) is 0 Å². The molecule has 3 aromatic rings. The number of anilines is 1. The Hall–Kier alpha value is -2.61. The van der Waals surface area contributed by atoms with Crippen LogP contribution in [0.5, 0.6) is 0 Å². The molecule has 1 aliphatic rings. The van der Waals surface area contributed by atoms with Crippen LogP contribution in [0.2, 0.25) is 0 Å². The second kappa shape index (κ2) is 5.48. The van der Waals surface area contributed by atoms with Crippen molar-refractivity contribution in [3.63, 3.8) is 0 Å². The number of nitrogens with one attached hydrogen (secondary N) is 1. The van der Waals surface area contributed by atoms with E-state index in [1.807, 2.05) is 6.20 Å². The van der Waals surface area contributed by atoms with Crippen LogP contribution < -0.4 is 5.32 Å². The minimum absolute atomic E-state index is 0.0834. The third-order valence-electron chi connectivity index (χ3n) is 5.34. The van der Waals surface area contributed by atoms with Crippen molar-refractivity contribution in [2.45, 2.75) is 32.2 Å². The van der Waals surface area contributed by atoms with Crippen LogP contribution in [0.4, 0.5) is 5.82 Å². The molecule has 1 aromatic heterocycles. The summed E-state index contributed by atoms with van der Waals surface area (Å²) in [4.78, 5) is 4.71. The summed E-state index contributed by atoms with van der Waals surface area (Å²) in [5.74, 6) is 1.02. The van der Waals surface area contributed by atoms with Gasteiger partial charge >= 0.3 is 0 Å². The molecule has 0 bridgehead atoms. The summed E-state index contributed by atoms with van der Waals surface area (Å²) < 4.78 is 0. The Kier molecular flexibility index (Phi) is 3.42. The lowest BCUT2D eigenvalue weighted by Crippen LogP contribution is -2.29. The zero-order chi connectivity index (χ0) is 16.7.